The molecule has 0 bridgehead atoms. The molecule has 156 valence electrons. The lowest BCUT2D eigenvalue weighted by Crippen LogP contribution is -2.28. The molecule has 2 aromatic carbocycles. The van der Waals surface area contributed by atoms with Gasteiger partial charge in [-0.2, -0.15) is 0 Å². The second kappa shape index (κ2) is 12.6. The van der Waals surface area contributed by atoms with E-state index in [9.17, 15) is 9.59 Å². The molecule has 2 amide bonds. The zero-order chi connectivity index (χ0) is 20.9. The zero-order valence-corrected chi connectivity index (χ0v) is 17.2. The molecule has 0 atom stereocenters. The van der Waals surface area contributed by atoms with Crippen molar-refractivity contribution in [3.8, 4) is 5.75 Å². The quantitative estimate of drug-likeness (QED) is 0.524. The lowest BCUT2D eigenvalue weighted by Gasteiger charge is -2.12. The predicted octanol–water partition coefficient (Wildman–Crippen LogP) is 4.27. The Morgan fingerprint density at radius 1 is 0.897 bits per heavy atom. The number of rotatable bonds is 12. The van der Waals surface area contributed by atoms with Gasteiger partial charge in [0.15, 0.2) is 0 Å². The van der Waals surface area contributed by atoms with Gasteiger partial charge in [0.25, 0.3) is 11.8 Å². The van der Waals surface area contributed by atoms with Crippen LogP contribution in [0.25, 0.3) is 0 Å². The molecule has 6 nitrogen and oxygen atoms in total. The van der Waals surface area contributed by atoms with Gasteiger partial charge in [-0.1, -0.05) is 38.3 Å². The number of unbranched alkanes of at least 4 members (excludes halogenated alkanes) is 3. The number of nitrogens with one attached hydrogen (secondary N) is 2. The molecule has 2 aromatic rings. The first kappa shape index (κ1) is 22.4. The largest absolute Gasteiger partial charge is 0.494 e. The number of amides is 2. The molecule has 0 radical (unpaired) electrons. The molecule has 0 aliphatic carbocycles. The summed E-state index contributed by atoms with van der Waals surface area (Å²) in [6.07, 6.45) is 4.60. The molecule has 0 aliphatic rings. The Bertz CT molecular complexity index is 775. The number of hydrogen-bond donors (Lipinski definition) is 2. The number of carbonyl (C=O) groups is 2. The van der Waals surface area contributed by atoms with Crippen LogP contribution in [0, 0.1) is 0 Å². The van der Waals surface area contributed by atoms with E-state index in [1.54, 1.807) is 55.6 Å². The Morgan fingerprint density at radius 3 is 2.38 bits per heavy atom. The third-order valence-corrected chi connectivity index (χ3v) is 4.39. The van der Waals surface area contributed by atoms with E-state index < -0.39 is 0 Å². The Balaban J connectivity index is 1.94. The average Bonchev–Trinajstić information content (AvgIpc) is 2.74. The molecule has 0 unspecified atom stereocenters. The second-order valence-corrected chi connectivity index (χ2v) is 6.68. The van der Waals surface area contributed by atoms with E-state index in [4.69, 9.17) is 9.47 Å². The molecule has 0 saturated carbocycles. The zero-order valence-electron chi connectivity index (χ0n) is 17.2. The monoisotopic (exact) mass is 398 g/mol. The first-order valence-corrected chi connectivity index (χ1v) is 10.1. The van der Waals surface area contributed by atoms with Crippen LogP contribution in [0.4, 0.5) is 5.69 Å². The van der Waals surface area contributed by atoms with Gasteiger partial charge in [-0.05, 0) is 42.8 Å². The van der Waals surface area contributed by atoms with Crippen LogP contribution >= 0.6 is 0 Å². The summed E-state index contributed by atoms with van der Waals surface area (Å²) in [5.41, 5.74) is 1.37. The summed E-state index contributed by atoms with van der Waals surface area (Å²) in [6.45, 7) is 3.68. The van der Waals surface area contributed by atoms with Gasteiger partial charge in [0.2, 0.25) is 0 Å². The molecule has 0 heterocycles. The van der Waals surface area contributed by atoms with E-state index in [1.807, 2.05) is 0 Å². The minimum atomic E-state index is -0.281. The van der Waals surface area contributed by atoms with E-state index >= 15 is 0 Å². The SMILES string of the molecule is CCCCCCOc1ccc(C(=O)Nc2ccccc2C(=O)NCCOC)cc1. The van der Waals surface area contributed by atoms with Gasteiger partial charge in [-0.25, -0.2) is 0 Å². The summed E-state index contributed by atoms with van der Waals surface area (Å²) in [4.78, 5) is 24.9. The molecule has 0 aromatic heterocycles. The van der Waals surface area contributed by atoms with Crippen molar-refractivity contribution in [3.63, 3.8) is 0 Å². The first-order valence-electron chi connectivity index (χ1n) is 10.1. The fourth-order valence-electron chi connectivity index (χ4n) is 2.77. The lowest BCUT2D eigenvalue weighted by atomic mass is 10.1. The van der Waals surface area contributed by atoms with Crippen molar-refractivity contribution in [1.82, 2.24) is 5.32 Å². The van der Waals surface area contributed by atoms with E-state index in [0.29, 0.717) is 36.6 Å². The van der Waals surface area contributed by atoms with Gasteiger partial charge in [-0.3, -0.25) is 9.59 Å². The molecule has 0 aliphatic heterocycles. The summed E-state index contributed by atoms with van der Waals surface area (Å²) in [6, 6.07) is 13.9. The number of methoxy groups -OCH3 is 1. The summed E-state index contributed by atoms with van der Waals surface area (Å²) in [7, 11) is 1.57. The van der Waals surface area contributed by atoms with Crippen molar-refractivity contribution >= 4 is 17.5 Å². The number of hydrogen-bond acceptors (Lipinski definition) is 4. The van der Waals surface area contributed by atoms with Gasteiger partial charge in [0, 0.05) is 19.2 Å². The van der Waals surface area contributed by atoms with Gasteiger partial charge in [0.05, 0.1) is 24.5 Å². The Hall–Kier alpha value is -2.86. The number of carbonyl (C=O) groups excluding carboxylic acids is 2. The normalized spacial score (nSPS) is 10.4. The van der Waals surface area contributed by atoms with Crippen LogP contribution in [0.5, 0.6) is 5.75 Å². The van der Waals surface area contributed by atoms with Gasteiger partial charge >= 0.3 is 0 Å². The van der Waals surface area contributed by atoms with Crippen LogP contribution in [0.3, 0.4) is 0 Å². The summed E-state index contributed by atoms with van der Waals surface area (Å²) in [5.74, 6) is 0.206. The summed E-state index contributed by atoms with van der Waals surface area (Å²) >= 11 is 0. The third kappa shape index (κ3) is 7.58. The van der Waals surface area contributed by atoms with E-state index in [0.717, 1.165) is 18.6 Å². The fraction of sp³-hybridized carbons (Fsp3) is 0.391. The van der Waals surface area contributed by atoms with Crippen molar-refractivity contribution in [1.29, 1.82) is 0 Å². The van der Waals surface area contributed by atoms with Gasteiger partial charge in [-0.15, -0.1) is 0 Å². The topological polar surface area (TPSA) is 76.7 Å². The highest BCUT2D eigenvalue weighted by atomic mass is 16.5. The van der Waals surface area contributed by atoms with Crippen molar-refractivity contribution in [2.75, 3.05) is 32.2 Å². The molecule has 0 saturated heterocycles. The minimum absolute atomic E-state index is 0.259. The average molecular weight is 399 g/mol. The molecule has 2 N–H and O–H groups in total. The number of para-hydroxylation sites is 1. The van der Waals surface area contributed by atoms with E-state index in [-0.39, 0.29) is 11.8 Å². The Labute approximate surface area is 172 Å². The van der Waals surface area contributed by atoms with Gasteiger partial charge < -0.3 is 20.1 Å². The molecule has 0 fully saturated rings. The van der Waals surface area contributed by atoms with Crippen LogP contribution in [-0.2, 0) is 4.74 Å². The maximum Gasteiger partial charge on any atom is 0.255 e. The fourth-order valence-corrected chi connectivity index (χ4v) is 2.77. The van der Waals surface area contributed by atoms with Crippen molar-refractivity contribution < 1.29 is 19.1 Å². The number of ether oxygens (including phenoxy) is 2. The van der Waals surface area contributed by atoms with Crippen molar-refractivity contribution in [2.45, 2.75) is 32.6 Å². The van der Waals surface area contributed by atoms with E-state index in [1.165, 1.54) is 12.8 Å². The Kier molecular flexibility index (Phi) is 9.72. The number of anilines is 1. The maximum atomic E-state index is 12.6. The van der Waals surface area contributed by atoms with Crippen LogP contribution < -0.4 is 15.4 Å². The Morgan fingerprint density at radius 2 is 1.66 bits per heavy atom. The van der Waals surface area contributed by atoms with Crippen LogP contribution in [0.1, 0.15) is 53.3 Å². The highest BCUT2D eigenvalue weighted by molar-refractivity contribution is 6.09. The predicted molar refractivity (Wildman–Crippen MR) is 115 cm³/mol. The number of benzene rings is 2. The molecule has 2 rings (SSSR count). The molecule has 6 heteroatoms. The third-order valence-electron chi connectivity index (χ3n) is 4.39. The molecular formula is C23H30N2O4. The second-order valence-electron chi connectivity index (χ2n) is 6.68. The van der Waals surface area contributed by atoms with Gasteiger partial charge in [0.1, 0.15) is 5.75 Å². The standard InChI is InChI=1S/C23H30N2O4/c1-3-4-5-8-16-29-19-13-11-18(12-14-19)22(26)25-21-10-7-6-9-20(21)23(27)24-15-17-28-2/h6-7,9-14H,3-5,8,15-17H2,1-2H3,(H,24,27)(H,25,26). The van der Waals surface area contributed by atoms with Crippen molar-refractivity contribution in [2.24, 2.45) is 0 Å². The van der Waals surface area contributed by atoms with Crippen molar-refractivity contribution in [3.05, 3.63) is 59.7 Å². The maximum absolute atomic E-state index is 12.6. The molecular weight excluding hydrogens is 368 g/mol. The highest BCUT2D eigenvalue weighted by Gasteiger charge is 2.14. The highest BCUT2D eigenvalue weighted by Crippen LogP contribution is 2.18. The first-order chi connectivity index (χ1) is 14.2. The summed E-state index contributed by atoms with van der Waals surface area (Å²) < 4.78 is 10.6. The lowest BCUT2D eigenvalue weighted by molar-refractivity contribution is 0.0938. The van der Waals surface area contributed by atoms with Crippen LogP contribution in [0.15, 0.2) is 48.5 Å². The van der Waals surface area contributed by atoms with E-state index in [2.05, 4.69) is 17.6 Å². The molecule has 0 spiro atoms. The van der Waals surface area contributed by atoms with Crippen LogP contribution in [-0.4, -0.2) is 38.7 Å². The molecule has 29 heavy (non-hydrogen) atoms. The minimum Gasteiger partial charge on any atom is -0.494 e. The summed E-state index contributed by atoms with van der Waals surface area (Å²) in [5, 5.41) is 5.57. The van der Waals surface area contributed by atoms with Crippen LogP contribution in [0.2, 0.25) is 0 Å². The smallest absolute Gasteiger partial charge is 0.255 e.